The molecule has 0 radical (unpaired) electrons. The van der Waals surface area contributed by atoms with E-state index in [1.807, 2.05) is 0 Å². The first-order valence-electron chi connectivity index (χ1n) is 7.50. The topological polar surface area (TPSA) is 119 Å². The van der Waals surface area contributed by atoms with Crippen molar-refractivity contribution in [1.82, 2.24) is 5.01 Å². The molecule has 0 spiro atoms. The molecule has 0 atom stereocenters. The van der Waals surface area contributed by atoms with Crippen LogP contribution in [0.15, 0.2) is 47.2 Å². The molecule has 146 valence electrons. The maximum Gasteiger partial charge on any atom is 0.352 e. The van der Waals surface area contributed by atoms with Crippen molar-refractivity contribution in [3.63, 3.8) is 0 Å². The molecule has 0 saturated carbocycles. The van der Waals surface area contributed by atoms with E-state index in [9.17, 15) is 4.79 Å². The van der Waals surface area contributed by atoms with Crippen LogP contribution < -0.4 is 16.7 Å². The number of anilines is 1. The highest BCUT2D eigenvalue weighted by Crippen LogP contribution is 2.19. The Labute approximate surface area is 159 Å². The van der Waals surface area contributed by atoms with E-state index < -0.39 is 6.03 Å². The lowest BCUT2D eigenvalue weighted by Gasteiger charge is -2.22. The summed E-state index contributed by atoms with van der Waals surface area (Å²) in [6.45, 7) is 5.40. The Kier molecular flexibility index (Phi) is 10.6. The van der Waals surface area contributed by atoms with Gasteiger partial charge in [-0.25, -0.2) is 21.5 Å². The second kappa shape index (κ2) is 12.1. The van der Waals surface area contributed by atoms with Crippen LogP contribution in [0.3, 0.4) is 0 Å². The van der Waals surface area contributed by atoms with Crippen LogP contribution in [-0.2, 0) is 16.3 Å². The van der Waals surface area contributed by atoms with E-state index in [4.69, 9.17) is 27.8 Å². The van der Waals surface area contributed by atoms with Gasteiger partial charge in [0.05, 0.1) is 5.69 Å². The first-order chi connectivity index (χ1) is 12.4. The van der Waals surface area contributed by atoms with Gasteiger partial charge in [-0.3, -0.25) is 5.01 Å². The molecule has 0 bridgehead atoms. The van der Waals surface area contributed by atoms with Crippen molar-refractivity contribution in [2.75, 3.05) is 18.7 Å². The molecule has 0 heterocycles. The van der Waals surface area contributed by atoms with Crippen LogP contribution in [0.2, 0.25) is 0 Å². The Morgan fingerprint density at radius 3 is 2.59 bits per heavy atom. The minimum atomic E-state index is -0.580. The second-order valence-electron chi connectivity index (χ2n) is 5.00. The molecule has 0 aliphatic rings. The van der Waals surface area contributed by atoms with E-state index in [2.05, 4.69) is 22.8 Å². The number of carbonyl (C=O) groups excluding carboxylic acids is 1. The number of amides is 2. The van der Waals surface area contributed by atoms with Crippen molar-refractivity contribution in [3.05, 3.63) is 42.5 Å². The minimum Gasteiger partial charge on any atom is -0.391 e. The molecule has 1 aromatic rings. The number of carbonyl (C=O) groups is 1. The van der Waals surface area contributed by atoms with Gasteiger partial charge < -0.3 is 9.68 Å². The van der Waals surface area contributed by atoms with E-state index in [1.165, 1.54) is 13.1 Å². The van der Waals surface area contributed by atoms with E-state index >= 15 is 0 Å². The Balaban J connectivity index is 0.00000676. The highest BCUT2D eigenvalue weighted by molar-refractivity contribution is 6.45. The summed E-state index contributed by atoms with van der Waals surface area (Å²) >= 11 is 0. The summed E-state index contributed by atoms with van der Waals surface area (Å²) < 4.78 is 0. The zero-order chi connectivity index (χ0) is 19.5. The van der Waals surface area contributed by atoms with Crippen LogP contribution in [-0.4, -0.2) is 36.1 Å². The van der Waals surface area contributed by atoms with Crippen LogP contribution in [0.25, 0.3) is 0 Å². The molecule has 0 aromatic heterocycles. The second-order valence-corrected chi connectivity index (χ2v) is 5.00. The van der Waals surface area contributed by atoms with Gasteiger partial charge in [0.1, 0.15) is 18.0 Å². The van der Waals surface area contributed by atoms with E-state index in [0.29, 0.717) is 22.7 Å². The van der Waals surface area contributed by atoms with Crippen molar-refractivity contribution in [3.8, 4) is 12.3 Å². The molecule has 2 amide bonds. The normalized spacial score (nSPS) is 10.9. The van der Waals surface area contributed by atoms with Gasteiger partial charge in [0.2, 0.25) is 0 Å². The van der Waals surface area contributed by atoms with Gasteiger partial charge in [0.15, 0.2) is 6.61 Å². The molecule has 0 unspecified atom stereocenters. The number of nitrogens with zero attached hydrogens (tertiary/aromatic N) is 4. The average molecular weight is 374 g/mol. The van der Waals surface area contributed by atoms with Gasteiger partial charge in [0, 0.05) is 12.6 Å². The summed E-state index contributed by atoms with van der Waals surface area (Å²) in [5.41, 5.74) is 1.91. The number of urea groups is 1. The van der Waals surface area contributed by atoms with Gasteiger partial charge in [0.25, 0.3) is 0 Å². The predicted octanol–water partition coefficient (Wildman–Crippen LogP) is 2.01. The van der Waals surface area contributed by atoms with Crippen LogP contribution in [0.5, 0.6) is 0 Å². The molecule has 1 rings (SSSR count). The number of rotatable bonds is 8. The fourth-order valence-electron chi connectivity index (χ4n) is 1.78. The molecule has 0 aliphatic heterocycles. The predicted molar refractivity (Wildman–Crippen MR) is 108 cm³/mol. The van der Waals surface area contributed by atoms with E-state index in [0.717, 1.165) is 10.0 Å². The summed E-state index contributed by atoms with van der Waals surface area (Å²) in [4.78, 5) is 22.1. The number of benzene rings is 1. The van der Waals surface area contributed by atoms with E-state index in [-0.39, 0.29) is 20.6 Å². The van der Waals surface area contributed by atoms with Gasteiger partial charge >= 0.3 is 6.03 Å². The van der Waals surface area contributed by atoms with E-state index in [1.54, 1.807) is 31.2 Å². The summed E-state index contributed by atoms with van der Waals surface area (Å²) in [6.07, 6.45) is 6.54. The molecule has 0 fully saturated rings. The van der Waals surface area contributed by atoms with Crippen molar-refractivity contribution in [2.45, 2.75) is 21.0 Å². The third-order valence-corrected chi connectivity index (χ3v) is 3.06. The Morgan fingerprint density at radius 1 is 1.33 bits per heavy atom. The summed E-state index contributed by atoms with van der Waals surface area (Å²) in [7, 11) is 1.40. The van der Waals surface area contributed by atoms with Gasteiger partial charge in [-0.2, -0.15) is 0 Å². The number of hydrogen-bond acceptors (Lipinski definition) is 7. The van der Waals surface area contributed by atoms with Crippen LogP contribution in [0, 0.1) is 12.3 Å². The van der Waals surface area contributed by atoms with Gasteiger partial charge in [-0.05, 0) is 19.1 Å². The first kappa shape index (κ1) is 23.6. The first-order valence-corrected chi connectivity index (χ1v) is 7.50. The number of terminal acetylenes is 1. The summed E-state index contributed by atoms with van der Waals surface area (Å²) in [5, 5.41) is 9.56. The molecular formula is C18H26N6O3. The Morgan fingerprint density at radius 2 is 2.00 bits per heavy atom. The molecule has 0 aliphatic carbocycles. The third-order valence-electron chi connectivity index (χ3n) is 3.06. The van der Waals surface area contributed by atoms with Gasteiger partial charge in [-0.15, -0.1) is 6.42 Å². The van der Waals surface area contributed by atoms with Crippen molar-refractivity contribution >= 4 is 23.1 Å². The smallest absolute Gasteiger partial charge is 0.352 e. The SMILES string of the molecule is C.C#CCO/N=C(C=C)/C(C)=N/OCc1ccccc1N(N)C(=O)N(C)N. The molecule has 27 heavy (non-hydrogen) atoms. The molecule has 9 nitrogen and oxygen atoms in total. The largest absolute Gasteiger partial charge is 0.391 e. The lowest BCUT2D eigenvalue weighted by atomic mass is 10.2. The highest BCUT2D eigenvalue weighted by Gasteiger charge is 2.17. The number of hydrogen-bond donors (Lipinski definition) is 2. The quantitative estimate of drug-likeness (QED) is 0.180. The summed E-state index contributed by atoms with van der Waals surface area (Å²) in [6, 6.07) is 6.36. The molecular weight excluding hydrogens is 348 g/mol. The van der Waals surface area contributed by atoms with Gasteiger partial charge in [-0.1, -0.05) is 48.4 Å². The van der Waals surface area contributed by atoms with Crippen LogP contribution in [0.1, 0.15) is 19.9 Å². The van der Waals surface area contributed by atoms with Crippen molar-refractivity contribution in [1.29, 1.82) is 0 Å². The van der Waals surface area contributed by atoms with Crippen molar-refractivity contribution in [2.24, 2.45) is 22.0 Å². The zero-order valence-corrected chi connectivity index (χ0v) is 14.8. The minimum absolute atomic E-state index is 0. The number of hydrazine groups is 2. The molecule has 9 heteroatoms. The lowest BCUT2D eigenvalue weighted by molar-refractivity contribution is 0.131. The Bertz CT molecular complexity index is 737. The van der Waals surface area contributed by atoms with Crippen LogP contribution in [0.4, 0.5) is 10.5 Å². The Hall–Kier alpha value is -3.35. The zero-order valence-electron chi connectivity index (χ0n) is 14.8. The third kappa shape index (κ3) is 7.19. The number of allylic oxidation sites excluding steroid dienone is 1. The number of para-hydroxylation sites is 1. The molecule has 4 N–H and O–H groups in total. The number of oxime groups is 2. The maximum absolute atomic E-state index is 11.9. The fraction of sp³-hybridized carbons (Fsp3) is 0.278. The number of nitrogens with two attached hydrogens (primary N) is 2. The standard InChI is InChI=1S/C17H22N6O3.CH4/c1-5-11-25-21-15(6-2)13(3)20-26-12-14-9-7-8-10-16(14)23(19)17(24)22(4)18;/h1,6-10H,2,11-12,18-19H2,3-4H3;1H4/b20-13+,21-15+;. The molecule has 1 aromatic carbocycles. The fourth-order valence-corrected chi connectivity index (χ4v) is 1.78. The average Bonchev–Trinajstić information content (AvgIpc) is 2.64. The highest BCUT2D eigenvalue weighted by atomic mass is 16.6. The molecule has 0 saturated heterocycles. The maximum atomic E-state index is 11.9. The lowest BCUT2D eigenvalue weighted by Crippen LogP contribution is -2.48. The van der Waals surface area contributed by atoms with Crippen LogP contribution >= 0.6 is 0 Å². The van der Waals surface area contributed by atoms with Crippen molar-refractivity contribution < 1.29 is 14.5 Å². The monoisotopic (exact) mass is 374 g/mol. The summed E-state index contributed by atoms with van der Waals surface area (Å²) in [5.74, 6) is 13.5.